The first-order chi connectivity index (χ1) is 8.88. The van der Waals surface area contributed by atoms with Gasteiger partial charge in [0.2, 0.25) is 0 Å². The standard InChI is InChI=1S/C13H14O5/c14-6-10-12-11(17-8-16-10)7-15-13(18-12)9-4-2-1-3-5-9/h1-6,10-13H,7-8H2/t10-,11-,12+,13-/m1/s1. The van der Waals surface area contributed by atoms with E-state index in [9.17, 15) is 4.79 Å². The van der Waals surface area contributed by atoms with Crippen molar-refractivity contribution in [1.82, 2.24) is 0 Å². The Morgan fingerprint density at radius 2 is 1.94 bits per heavy atom. The van der Waals surface area contributed by atoms with Crippen LogP contribution in [0.25, 0.3) is 0 Å². The largest absolute Gasteiger partial charge is 0.347 e. The summed E-state index contributed by atoms with van der Waals surface area (Å²) in [7, 11) is 0. The number of carbonyl (C=O) groups is 1. The van der Waals surface area contributed by atoms with Gasteiger partial charge in [-0.1, -0.05) is 30.3 Å². The molecule has 0 N–H and O–H groups in total. The number of hydrogen-bond acceptors (Lipinski definition) is 5. The molecule has 96 valence electrons. The molecule has 0 aromatic heterocycles. The topological polar surface area (TPSA) is 54.0 Å². The van der Waals surface area contributed by atoms with Crippen molar-refractivity contribution in [3.8, 4) is 0 Å². The molecule has 0 bridgehead atoms. The number of benzene rings is 1. The fourth-order valence-corrected chi connectivity index (χ4v) is 2.18. The van der Waals surface area contributed by atoms with Crippen LogP contribution in [0.5, 0.6) is 0 Å². The molecule has 2 saturated heterocycles. The van der Waals surface area contributed by atoms with E-state index in [0.717, 1.165) is 11.8 Å². The molecular weight excluding hydrogens is 236 g/mol. The second kappa shape index (κ2) is 5.16. The summed E-state index contributed by atoms with van der Waals surface area (Å²) in [6.45, 7) is 0.505. The van der Waals surface area contributed by atoms with Gasteiger partial charge in [-0.25, -0.2) is 0 Å². The first kappa shape index (κ1) is 11.8. The van der Waals surface area contributed by atoms with Gasteiger partial charge in [0.1, 0.15) is 25.1 Å². The Balaban J connectivity index is 1.76. The number of carbonyl (C=O) groups excluding carboxylic acids is 1. The average molecular weight is 250 g/mol. The van der Waals surface area contributed by atoms with Crippen LogP contribution >= 0.6 is 0 Å². The molecule has 0 amide bonds. The molecule has 0 aliphatic carbocycles. The second-order valence-electron chi connectivity index (χ2n) is 4.27. The molecule has 2 heterocycles. The lowest BCUT2D eigenvalue weighted by atomic mass is 10.1. The van der Waals surface area contributed by atoms with Gasteiger partial charge in [0.05, 0.1) is 6.61 Å². The molecule has 2 aliphatic heterocycles. The van der Waals surface area contributed by atoms with Crippen LogP contribution in [0.3, 0.4) is 0 Å². The van der Waals surface area contributed by atoms with E-state index in [1.165, 1.54) is 0 Å². The van der Waals surface area contributed by atoms with Gasteiger partial charge in [0, 0.05) is 5.56 Å². The number of aldehydes is 1. The summed E-state index contributed by atoms with van der Waals surface area (Å²) in [5.74, 6) is 0. The van der Waals surface area contributed by atoms with Crippen LogP contribution in [0.15, 0.2) is 30.3 Å². The summed E-state index contributed by atoms with van der Waals surface area (Å²) < 4.78 is 22.0. The lowest BCUT2D eigenvalue weighted by Gasteiger charge is -2.41. The van der Waals surface area contributed by atoms with Crippen molar-refractivity contribution in [3.05, 3.63) is 35.9 Å². The maximum absolute atomic E-state index is 11.0. The van der Waals surface area contributed by atoms with E-state index in [1.54, 1.807) is 0 Å². The molecule has 1 aromatic carbocycles. The van der Waals surface area contributed by atoms with Gasteiger partial charge in [-0.2, -0.15) is 0 Å². The van der Waals surface area contributed by atoms with Gasteiger partial charge in [-0.3, -0.25) is 0 Å². The summed E-state index contributed by atoms with van der Waals surface area (Å²) in [6.07, 6.45) is -0.948. The molecule has 4 atom stereocenters. The zero-order chi connectivity index (χ0) is 12.4. The highest BCUT2D eigenvalue weighted by molar-refractivity contribution is 5.57. The Kier molecular flexibility index (Phi) is 3.38. The smallest absolute Gasteiger partial charge is 0.184 e. The zero-order valence-electron chi connectivity index (χ0n) is 9.73. The Labute approximate surface area is 105 Å². The van der Waals surface area contributed by atoms with Gasteiger partial charge < -0.3 is 23.7 Å². The number of hydrogen-bond donors (Lipinski definition) is 0. The minimum Gasteiger partial charge on any atom is -0.347 e. The second-order valence-corrected chi connectivity index (χ2v) is 4.27. The molecule has 5 nitrogen and oxygen atoms in total. The Bertz CT molecular complexity index is 407. The predicted molar refractivity (Wildman–Crippen MR) is 60.7 cm³/mol. The van der Waals surface area contributed by atoms with Crippen molar-refractivity contribution in [1.29, 1.82) is 0 Å². The molecule has 2 aliphatic rings. The molecule has 3 rings (SSSR count). The predicted octanol–water partition coefficient (Wildman–Crippen LogP) is 1.04. The maximum Gasteiger partial charge on any atom is 0.184 e. The fourth-order valence-electron chi connectivity index (χ4n) is 2.18. The molecule has 0 spiro atoms. The molecule has 0 saturated carbocycles. The highest BCUT2D eigenvalue weighted by atomic mass is 16.8. The van der Waals surface area contributed by atoms with Crippen molar-refractivity contribution < 1.29 is 23.7 Å². The number of fused-ring (bicyclic) bond motifs is 1. The van der Waals surface area contributed by atoms with Crippen molar-refractivity contribution >= 4 is 6.29 Å². The highest BCUT2D eigenvalue weighted by Gasteiger charge is 2.42. The number of ether oxygens (including phenoxy) is 4. The first-order valence-electron chi connectivity index (χ1n) is 5.89. The summed E-state index contributed by atoms with van der Waals surface area (Å²) in [5, 5.41) is 0. The molecular formula is C13H14O5. The minimum absolute atomic E-state index is 0.104. The third-order valence-electron chi connectivity index (χ3n) is 3.13. The summed E-state index contributed by atoms with van der Waals surface area (Å²) >= 11 is 0. The van der Waals surface area contributed by atoms with E-state index in [4.69, 9.17) is 18.9 Å². The Morgan fingerprint density at radius 3 is 2.72 bits per heavy atom. The van der Waals surface area contributed by atoms with Crippen LogP contribution in [0, 0.1) is 0 Å². The number of rotatable bonds is 2. The molecule has 1 aromatic rings. The van der Waals surface area contributed by atoms with Crippen molar-refractivity contribution in [2.45, 2.75) is 24.6 Å². The molecule has 5 heteroatoms. The molecule has 18 heavy (non-hydrogen) atoms. The van der Waals surface area contributed by atoms with Crippen molar-refractivity contribution in [2.75, 3.05) is 13.4 Å². The highest BCUT2D eigenvalue weighted by Crippen LogP contribution is 2.31. The van der Waals surface area contributed by atoms with E-state index in [1.807, 2.05) is 30.3 Å². The van der Waals surface area contributed by atoms with Crippen molar-refractivity contribution in [2.24, 2.45) is 0 Å². The van der Waals surface area contributed by atoms with Gasteiger partial charge in [-0.05, 0) is 0 Å². The van der Waals surface area contributed by atoms with Crippen LogP contribution in [-0.4, -0.2) is 38.0 Å². The van der Waals surface area contributed by atoms with Gasteiger partial charge >= 0.3 is 0 Å². The van der Waals surface area contributed by atoms with Crippen LogP contribution in [0.1, 0.15) is 11.9 Å². The normalized spacial score (nSPS) is 35.8. The monoisotopic (exact) mass is 250 g/mol. The van der Waals surface area contributed by atoms with Crippen LogP contribution in [0.4, 0.5) is 0 Å². The minimum atomic E-state index is -0.584. The summed E-state index contributed by atoms with van der Waals surface area (Å²) in [5.41, 5.74) is 0.922. The van der Waals surface area contributed by atoms with Crippen LogP contribution < -0.4 is 0 Å². The van der Waals surface area contributed by atoms with E-state index in [0.29, 0.717) is 6.61 Å². The van der Waals surface area contributed by atoms with Crippen LogP contribution in [-0.2, 0) is 23.7 Å². The third-order valence-corrected chi connectivity index (χ3v) is 3.13. The first-order valence-corrected chi connectivity index (χ1v) is 5.89. The van der Waals surface area contributed by atoms with Gasteiger partial charge in [0.15, 0.2) is 12.6 Å². The zero-order valence-corrected chi connectivity index (χ0v) is 9.73. The van der Waals surface area contributed by atoms with Gasteiger partial charge in [-0.15, -0.1) is 0 Å². The SMILES string of the molecule is O=C[C@H]1OCO[C@@H]2CO[C@@H](c3ccccc3)O[C@@H]12. The molecule has 0 radical (unpaired) electrons. The lowest BCUT2D eigenvalue weighted by Crippen LogP contribution is -2.54. The van der Waals surface area contributed by atoms with E-state index in [2.05, 4.69) is 0 Å². The molecule has 2 fully saturated rings. The maximum atomic E-state index is 11.0. The lowest BCUT2D eigenvalue weighted by molar-refractivity contribution is -0.326. The van der Waals surface area contributed by atoms with Gasteiger partial charge in [0.25, 0.3) is 0 Å². The van der Waals surface area contributed by atoms with E-state index >= 15 is 0 Å². The molecule has 0 unspecified atom stereocenters. The Morgan fingerprint density at radius 1 is 1.11 bits per heavy atom. The van der Waals surface area contributed by atoms with E-state index < -0.39 is 18.5 Å². The van der Waals surface area contributed by atoms with Crippen LogP contribution in [0.2, 0.25) is 0 Å². The quantitative estimate of drug-likeness (QED) is 0.734. The Hall–Kier alpha value is -1.27. The summed E-state index contributed by atoms with van der Waals surface area (Å²) in [6, 6.07) is 9.60. The third kappa shape index (κ3) is 2.18. The summed E-state index contributed by atoms with van der Waals surface area (Å²) in [4.78, 5) is 11.0. The average Bonchev–Trinajstić information content (AvgIpc) is 2.47. The van der Waals surface area contributed by atoms with E-state index in [-0.39, 0.29) is 12.9 Å². The van der Waals surface area contributed by atoms with Crippen molar-refractivity contribution in [3.63, 3.8) is 0 Å². The fraction of sp³-hybridized carbons (Fsp3) is 0.462.